The van der Waals surface area contributed by atoms with Gasteiger partial charge in [-0.25, -0.2) is 19.7 Å². The highest BCUT2D eigenvalue weighted by Gasteiger charge is 2.26. The van der Waals surface area contributed by atoms with Gasteiger partial charge in [-0.3, -0.25) is 4.89 Å². The molecule has 0 fully saturated rings. The molecule has 1 atom stereocenters. The molecule has 0 N–H and O–H groups in total. The fourth-order valence-electron chi connectivity index (χ4n) is 2.25. The minimum Gasteiger partial charge on any atom is -0.459 e. The van der Waals surface area contributed by atoms with Gasteiger partial charge in [0.15, 0.2) is 11.5 Å². The van der Waals surface area contributed by atoms with Gasteiger partial charge in [0.05, 0.1) is 24.9 Å². The zero-order valence-electron chi connectivity index (χ0n) is 14.5. The van der Waals surface area contributed by atoms with Crippen LogP contribution in [0.25, 0.3) is 16.9 Å². The number of fused-ring (bicyclic) bond motifs is 1. The van der Waals surface area contributed by atoms with Crippen LogP contribution in [0, 0.1) is 0 Å². The Balaban J connectivity index is 1.95. The number of pyridine rings is 1. The van der Waals surface area contributed by atoms with E-state index in [0.717, 1.165) is 0 Å². The van der Waals surface area contributed by atoms with Gasteiger partial charge in [-0.1, -0.05) is 11.6 Å². The molecule has 0 aliphatic rings. The van der Waals surface area contributed by atoms with E-state index in [1.165, 1.54) is 24.3 Å². The average molecular weight is 394 g/mol. The molecule has 0 unspecified atom stereocenters. The molecular formula is C16H16ClN5O5. The third kappa shape index (κ3) is 4.13. The van der Waals surface area contributed by atoms with Crippen molar-refractivity contribution in [2.45, 2.75) is 13.0 Å². The number of nitrogens with zero attached hydrogens (tertiary/aromatic N) is 5. The number of carbonyl (C=O) groups is 1. The van der Waals surface area contributed by atoms with Crippen molar-refractivity contribution in [1.29, 1.82) is 0 Å². The van der Waals surface area contributed by atoms with Crippen LogP contribution in [0.2, 0.25) is 5.02 Å². The molecule has 0 bridgehead atoms. The highest BCUT2D eigenvalue weighted by Crippen LogP contribution is 2.26. The Kier molecular flexibility index (Phi) is 6.12. The van der Waals surface area contributed by atoms with E-state index < -0.39 is 12.1 Å². The standard InChI is InChI=1S/C16H16ClN5O5/c1-3-25-8-12(16(23)27-24-2)26-15-10-7-21-22(13(10)19-9-20-15)14-11(17)5-4-6-18-14/h4-7,9,12H,3,8H2,1-2H3/t12-/m0/s1. The van der Waals surface area contributed by atoms with Gasteiger partial charge < -0.3 is 9.47 Å². The van der Waals surface area contributed by atoms with Crippen molar-refractivity contribution in [2.24, 2.45) is 0 Å². The van der Waals surface area contributed by atoms with E-state index in [-0.39, 0.29) is 12.5 Å². The second-order valence-electron chi connectivity index (χ2n) is 5.12. The van der Waals surface area contributed by atoms with Gasteiger partial charge in [-0.15, -0.1) is 0 Å². The van der Waals surface area contributed by atoms with Crippen LogP contribution in [-0.4, -0.2) is 57.1 Å². The van der Waals surface area contributed by atoms with Gasteiger partial charge in [-0.05, 0) is 19.1 Å². The molecule has 0 saturated carbocycles. The Labute approximate surface area is 158 Å². The van der Waals surface area contributed by atoms with Crippen LogP contribution in [-0.2, 0) is 19.3 Å². The topological polar surface area (TPSA) is 110 Å². The molecular weight excluding hydrogens is 378 g/mol. The first-order valence-electron chi connectivity index (χ1n) is 7.94. The smallest absolute Gasteiger partial charge is 0.384 e. The Morgan fingerprint density at radius 1 is 1.33 bits per heavy atom. The molecule has 0 amide bonds. The van der Waals surface area contributed by atoms with Gasteiger partial charge in [0.2, 0.25) is 12.0 Å². The highest BCUT2D eigenvalue weighted by atomic mass is 35.5. The molecule has 27 heavy (non-hydrogen) atoms. The Bertz CT molecular complexity index is 934. The van der Waals surface area contributed by atoms with Crippen LogP contribution in [0.3, 0.4) is 0 Å². The quantitative estimate of drug-likeness (QED) is 0.417. The highest BCUT2D eigenvalue weighted by molar-refractivity contribution is 6.32. The maximum Gasteiger partial charge on any atom is 0.384 e. The van der Waals surface area contributed by atoms with Crippen LogP contribution >= 0.6 is 11.6 Å². The molecule has 3 aromatic heterocycles. The molecule has 3 heterocycles. The second-order valence-corrected chi connectivity index (χ2v) is 5.52. The molecule has 3 aromatic rings. The van der Waals surface area contributed by atoms with E-state index in [1.807, 2.05) is 0 Å². The molecule has 0 saturated heterocycles. The lowest BCUT2D eigenvalue weighted by atomic mass is 10.3. The molecule has 142 valence electrons. The number of hydrogen-bond acceptors (Lipinski definition) is 9. The Morgan fingerprint density at radius 2 is 2.19 bits per heavy atom. The molecule has 3 rings (SSSR count). The van der Waals surface area contributed by atoms with Crippen molar-refractivity contribution < 1.29 is 24.0 Å². The molecule has 0 aliphatic heterocycles. The van der Waals surface area contributed by atoms with Gasteiger partial charge in [0, 0.05) is 12.8 Å². The third-order valence-corrected chi connectivity index (χ3v) is 3.72. The summed E-state index contributed by atoms with van der Waals surface area (Å²) in [4.78, 5) is 33.5. The van der Waals surface area contributed by atoms with Gasteiger partial charge in [0.1, 0.15) is 11.7 Å². The van der Waals surface area contributed by atoms with Crippen LogP contribution in [0.15, 0.2) is 30.9 Å². The van der Waals surface area contributed by atoms with E-state index >= 15 is 0 Å². The zero-order valence-corrected chi connectivity index (χ0v) is 15.3. The predicted molar refractivity (Wildman–Crippen MR) is 93.5 cm³/mol. The summed E-state index contributed by atoms with van der Waals surface area (Å²) < 4.78 is 12.4. The molecule has 0 aliphatic carbocycles. The summed E-state index contributed by atoms with van der Waals surface area (Å²) in [5.41, 5.74) is 0.413. The van der Waals surface area contributed by atoms with Crippen LogP contribution in [0.4, 0.5) is 0 Å². The van der Waals surface area contributed by atoms with Gasteiger partial charge in [0.25, 0.3) is 0 Å². The first-order chi connectivity index (χ1) is 13.2. The number of rotatable bonds is 8. The van der Waals surface area contributed by atoms with E-state index in [4.69, 9.17) is 21.1 Å². The number of aromatic nitrogens is 5. The molecule has 0 spiro atoms. The fraction of sp³-hybridized carbons (Fsp3) is 0.312. The normalized spacial score (nSPS) is 12.1. The fourth-order valence-corrected chi connectivity index (χ4v) is 2.45. The summed E-state index contributed by atoms with van der Waals surface area (Å²) >= 11 is 6.18. The van der Waals surface area contributed by atoms with Crippen LogP contribution in [0.5, 0.6) is 5.88 Å². The molecule has 10 nitrogen and oxygen atoms in total. The lowest BCUT2D eigenvalue weighted by Gasteiger charge is -2.16. The van der Waals surface area contributed by atoms with Crippen molar-refractivity contribution in [1.82, 2.24) is 24.7 Å². The molecule has 11 heteroatoms. The van der Waals surface area contributed by atoms with E-state index in [9.17, 15) is 4.79 Å². The summed E-state index contributed by atoms with van der Waals surface area (Å²) in [7, 11) is 1.22. The summed E-state index contributed by atoms with van der Waals surface area (Å²) in [5.74, 6) is -0.211. The first kappa shape index (κ1) is 19.0. The maximum absolute atomic E-state index is 12.0. The summed E-state index contributed by atoms with van der Waals surface area (Å²) in [6, 6.07) is 3.40. The van der Waals surface area contributed by atoms with Crippen molar-refractivity contribution in [3.63, 3.8) is 0 Å². The zero-order chi connectivity index (χ0) is 19.2. The average Bonchev–Trinajstić information content (AvgIpc) is 3.10. The lowest BCUT2D eigenvalue weighted by Crippen LogP contribution is -2.34. The van der Waals surface area contributed by atoms with Crippen molar-refractivity contribution in [2.75, 3.05) is 20.3 Å². The van der Waals surface area contributed by atoms with E-state index in [1.54, 1.807) is 25.3 Å². The largest absolute Gasteiger partial charge is 0.459 e. The lowest BCUT2D eigenvalue weighted by molar-refractivity contribution is -0.262. The minimum atomic E-state index is -1.08. The minimum absolute atomic E-state index is 0.0373. The number of hydrogen-bond donors (Lipinski definition) is 0. The van der Waals surface area contributed by atoms with E-state index in [2.05, 4.69) is 29.8 Å². The van der Waals surface area contributed by atoms with E-state index in [0.29, 0.717) is 28.5 Å². The number of carbonyl (C=O) groups excluding carboxylic acids is 1. The number of ether oxygens (including phenoxy) is 2. The Hall–Kier alpha value is -2.82. The second kappa shape index (κ2) is 8.71. The summed E-state index contributed by atoms with van der Waals surface area (Å²) in [5, 5.41) is 5.12. The van der Waals surface area contributed by atoms with Crippen molar-refractivity contribution in [3.8, 4) is 11.7 Å². The van der Waals surface area contributed by atoms with Crippen LogP contribution < -0.4 is 4.74 Å². The summed E-state index contributed by atoms with van der Waals surface area (Å²) in [6.45, 7) is 2.15. The van der Waals surface area contributed by atoms with Gasteiger partial charge >= 0.3 is 5.97 Å². The molecule has 0 radical (unpaired) electrons. The maximum atomic E-state index is 12.0. The Morgan fingerprint density at radius 3 is 2.93 bits per heavy atom. The third-order valence-electron chi connectivity index (χ3n) is 3.42. The SMILES string of the molecule is CCOC[C@H](Oc1ncnc2c1cnn2-c1ncccc1Cl)C(=O)OOC. The van der Waals surface area contributed by atoms with Gasteiger partial charge in [-0.2, -0.15) is 14.7 Å². The van der Waals surface area contributed by atoms with Crippen LogP contribution in [0.1, 0.15) is 6.92 Å². The molecule has 0 aromatic carbocycles. The monoisotopic (exact) mass is 393 g/mol. The van der Waals surface area contributed by atoms with Crippen molar-refractivity contribution >= 4 is 28.6 Å². The van der Waals surface area contributed by atoms with Crippen molar-refractivity contribution in [3.05, 3.63) is 35.9 Å². The number of halogens is 1. The first-order valence-corrected chi connectivity index (χ1v) is 8.32. The predicted octanol–water partition coefficient (Wildman–Crippen LogP) is 1.75. The summed E-state index contributed by atoms with van der Waals surface area (Å²) in [6.07, 6.45) is 3.29.